The Labute approximate surface area is 114 Å². The molecular formula is C13H11BrN4. The molecule has 0 N–H and O–H groups in total. The van der Waals surface area contributed by atoms with Gasteiger partial charge in [-0.25, -0.2) is 9.97 Å². The van der Waals surface area contributed by atoms with E-state index < -0.39 is 0 Å². The van der Waals surface area contributed by atoms with E-state index in [0.717, 1.165) is 10.0 Å². The normalized spacial score (nSPS) is 9.83. The van der Waals surface area contributed by atoms with Crippen molar-refractivity contribution in [3.63, 3.8) is 0 Å². The van der Waals surface area contributed by atoms with Gasteiger partial charge in [-0.1, -0.05) is 34.1 Å². The number of aromatic nitrogens is 2. The van der Waals surface area contributed by atoms with Gasteiger partial charge >= 0.3 is 0 Å². The molecule has 0 spiro atoms. The Balaban J connectivity index is 2.20. The molecule has 0 aliphatic rings. The van der Waals surface area contributed by atoms with Gasteiger partial charge in [0.2, 0.25) is 5.95 Å². The van der Waals surface area contributed by atoms with Gasteiger partial charge in [0.25, 0.3) is 0 Å². The van der Waals surface area contributed by atoms with Crippen LogP contribution in [0.15, 0.2) is 41.0 Å². The molecule has 1 aromatic heterocycles. The highest BCUT2D eigenvalue weighted by molar-refractivity contribution is 9.10. The summed E-state index contributed by atoms with van der Waals surface area (Å²) in [6.45, 7) is 0.677. The highest BCUT2D eigenvalue weighted by Gasteiger charge is 2.07. The van der Waals surface area contributed by atoms with Gasteiger partial charge in [0.1, 0.15) is 11.8 Å². The molecule has 0 fully saturated rings. The minimum atomic E-state index is 0.374. The van der Waals surface area contributed by atoms with Gasteiger partial charge in [-0.2, -0.15) is 5.26 Å². The average molecular weight is 303 g/mol. The molecule has 1 heterocycles. The molecule has 1 aromatic carbocycles. The minimum Gasteiger partial charge on any atom is -0.339 e. The third-order valence-electron chi connectivity index (χ3n) is 2.46. The fourth-order valence-electron chi connectivity index (χ4n) is 1.55. The van der Waals surface area contributed by atoms with Crippen molar-refractivity contribution in [2.45, 2.75) is 6.54 Å². The van der Waals surface area contributed by atoms with E-state index in [2.05, 4.69) is 25.9 Å². The molecule has 0 saturated heterocycles. The maximum absolute atomic E-state index is 8.81. The molecule has 2 rings (SSSR count). The second-order valence-electron chi connectivity index (χ2n) is 3.80. The lowest BCUT2D eigenvalue weighted by Gasteiger charge is -2.17. The van der Waals surface area contributed by atoms with Crippen LogP contribution in [0.25, 0.3) is 0 Å². The van der Waals surface area contributed by atoms with E-state index in [0.29, 0.717) is 18.2 Å². The first-order valence-corrected chi connectivity index (χ1v) is 6.17. The molecule has 0 saturated carbocycles. The monoisotopic (exact) mass is 302 g/mol. The number of halogens is 1. The second-order valence-corrected chi connectivity index (χ2v) is 4.66. The SMILES string of the molecule is CN(Cc1ccccc1Br)c1nccc(C#N)n1. The number of nitrogens with zero attached hydrogens (tertiary/aromatic N) is 4. The van der Waals surface area contributed by atoms with Crippen molar-refractivity contribution in [2.75, 3.05) is 11.9 Å². The van der Waals surface area contributed by atoms with Crippen LogP contribution in [0.2, 0.25) is 0 Å². The average Bonchev–Trinajstić information content (AvgIpc) is 2.41. The first-order valence-electron chi connectivity index (χ1n) is 5.38. The van der Waals surface area contributed by atoms with E-state index >= 15 is 0 Å². The van der Waals surface area contributed by atoms with Gasteiger partial charge in [0.05, 0.1) is 0 Å². The summed E-state index contributed by atoms with van der Waals surface area (Å²) in [5.41, 5.74) is 1.52. The third kappa shape index (κ3) is 2.84. The number of rotatable bonds is 3. The van der Waals surface area contributed by atoms with Crippen LogP contribution in [0.3, 0.4) is 0 Å². The van der Waals surface area contributed by atoms with E-state index in [1.54, 1.807) is 12.3 Å². The predicted molar refractivity (Wildman–Crippen MR) is 73.0 cm³/mol. The summed E-state index contributed by atoms with van der Waals surface area (Å²) in [5.74, 6) is 0.546. The Bertz CT molecular complexity index is 592. The van der Waals surface area contributed by atoms with Crippen LogP contribution in [0.5, 0.6) is 0 Å². The summed E-state index contributed by atoms with van der Waals surface area (Å²) in [5, 5.41) is 8.81. The predicted octanol–water partition coefficient (Wildman–Crippen LogP) is 2.75. The molecule has 0 radical (unpaired) electrons. The van der Waals surface area contributed by atoms with E-state index in [9.17, 15) is 0 Å². The summed E-state index contributed by atoms with van der Waals surface area (Å²) in [6.07, 6.45) is 1.59. The molecule has 0 atom stereocenters. The molecule has 4 nitrogen and oxygen atoms in total. The number of nitriles is 1. The molecule has 0 unspecified atom stereocenters. The van der Waals surface area contributed by atoms with Gasteiger partial charge in [0, 0.05) is 24.3 Å². The molecular weight excluding hydrogens is 292 g/mol. The third-order valence-corrected chi connectivity index (χ3v) is 3.24. The lowest BCUT2D eigenvalue weighted by Crippen LogP contribution is -2.19. The number of benzene rings is 1. The fourth-order valence-corrected chi connectivity index (χ4v) is 1.96. The number of anilines is 1. The van der Waals surface area contributed by atoms with E-state index in [1.807, 2.05) is 42.3 Å². The highest BCUT2D eigenvalue weighted by Crippen LogP contribution is 2.18. The molecule has 0 amide bonds. The van der Waals surface area contributed by atoms with Crippen molar-refractivity contribution in [2.24, 2.45) is 0 Å². The maximum Gasteiger partial charge on any atom is 0.226 e. The lowest BCUT2D eigenvalue weighted by molar-refractivity contribution is 0.861. The first kappa shape index (κ1) is 12.5. The van der Waals surface area contributed by atoms with Gasteiger partial charge in [-0.15, -0.1) is 0 Å². The fraction of sp³-hybridized carbons (Fsp3) is 0.154. The Hall–Kier alpha value is -1.93. The zero-order valence-electron chi connectivity index (χ0n) is 9.84. The summed E-state index contributed by atoms with van der Waals surface area (Å²) in [4.78, 5) is 10.2. The van der Waals surface area contributed by atoms with Gasteiger partial charge in [-0.3, -0.25) is 0 Å². The molecule has 18 heavy (non-hydrogen) atoms. The Morgan fingerprint density at radius 2 is 2.11 bits per heavy atom. The van der Waals surface area contributed by atoms with Crippen molar-refractivity contribution in [1.82, 2.24) is 9.97 Å². The summed E-state index contributed by atoms with van der Waals surface area (Å²) < 4.78 is 1.05. The van der Waals surface area contributed by atoms with Crippen LogP contribution in [0.1, 0.15) is 11.3 Å². The Morgan fingerprint density at radius 3 is 2.83 bits per heavy atom. The quantitative estimate of drug-likeness (QED) is 0.875. The molecule has 5 heteroatoms. The molecule has 0 bridgehead atoms. The zero-order chi connectivity index (χ0) is 13.0. The maximum atomic E-state index is 8.81. The van der Waals surface area contributed by atoms with E-state index in [4.69, 9.17) is 5.26 Å². The van der Waals surface area contributed by atoms with Gasteiger partial charge in [0.15, 0.2) is 0 Å². The van der Waals surface area contributed by atoms with Crippen molar-refractivity contribution in [3.05, 3.63) is 52.3 Å². The summed E-state index contributed by atoms with van der Waals surface area (Å²) >= 11 is 3.51. The van der Waals surface area contributed by atoms with E-state index in [-0.39, 0.29) is 0 Å². The molecule has 2 aromatic rings. The molecule has 0 aliphatic heterocycles. The first-order chi connectivity index (χ1) is 8.70. The zero-order valence-corrected chi connectivity index (χ0v) is 11.4. The topological polar surface area (TPSA) is 52.8 Å². The van der Waals surface area contributed by atoms with E-state index in [1.165, 1.54) is 0 Å². The minimum absolute atomic E-state index is 0.374. The largest absolute Gasteiger partial charge is 0.339 e. The summed E-state index contributed by atoms with van der Waals surface area (Å²) in [7, 11) is 1.90. The molecule has 90 valence electrons. The van der Waals surface area contributed by atoms with Crippen molar-refractivity contribution in [3.8, 4) is 6.07 Å². The van der Waals surface area contributed by atoms with Crippen molar-refractivity contribution < 1.29 is 0 Å². The lowest BCUT2D eigenvalue weighted by atomic mass is 10.2. The number of hydrogen-bond acceptors (Lipinski definition) is 4. The highest BCUT2D eigenvalue weighted by atomic mass is 79.9. The summed E-state index contributed by atoms with van der Waals surface area (Å²) in [6, 6.07) is 11.6. The smallest absolute Gasteiger partial charge is 0.226 e. The van der Waals surface area contributed by atoms with Crippen LogP contribution in [0.4, 0.5) is 5.95 Å². The Morgan fingerprint density at radius 1 is 1.33 bits per heavy atom. The van der Waals surface area contributed by atoms with Crippen LogP contribution in [-0.4, -0.2) is 17.0 Å². The van der Waals surface area contributed by atoms with Gasteiger partial charge in [-0.05, 0) is 17.7 Å². The van der Waals surface area contributed by atoms with Crippen LogP contribution in [-0.2, 0) is 6.54 Å². The van der Waals surface area contributed by atoms with Crippen LogP contribution >= 0.6 is 15.9 Å². The Kier molecular flexibility index (Phi) is 3.90. The second kappa shape index (κ2) is 5.61. The van der Waals surface area contributed by atoms with Crippen LogP contribution in [0, 0.1) is 11.3 Å². The molecule has 0 aliphatic carbocycles. The standard InChI is InChI=1S/C13H11BrN4/c1-18(9-10-4-2-3-5-12(10)14)13-16-7-6-11(8-15)17-13/h2-7H,9H2,1H3. The number of hydrogen-bond donors (Lipinski definition) is 0. The van der Waals surface area contributed by atoms with Crippen molar-refractivity contribution in [1.29, 1.82) is 5.26 Å². The van der Waals surface area contributed by atoms with Gasteiger partial charge < -0.3 is 4.90 Å². The van der Waals surface area contributed by atoms with Crippen LogP contribution < -0.4 is 4.90 Å². The van der Waals surface area contributed by atoms with Crippen molar-refractivity contribution >= 4 is 21.9 Å².